The minimum atomic E-state index is 0.693. The molecule has 0 atom stereocenters. The van der Waals surface area contributed by atoms with Crippen molar-refractivity contribution in [2.75, 3.05) is 39.8 Å². The predicted molar refractivity (Wildman–Crippen MR) is 84.7 cm³/mol. The van der Waals surface area contributed by atoms with Gasteiger partial charge in [-0.25, -0.2) is 0 Å². The summed E-state index contributed by atoms with van der Waals surface area (Å²) < 4.78 is 5.75. The van der Waals surface area contributed by atoms with Crippen LogP contribution in [-0.2, 0) is 0 Å². The van der Waals surface area contributed by atoms with E-state index in [2.05, 4.69) is 10.2 Å². The number of halogens is 1. The number of benzene rings is 1. The second-order valence-corrected chi connectivity index (χ2v) is 5.86. The van der Waals surface area contributed by atoms with Gasteiger partial charge in [0.25, 0.3) is 0 Å². The molecule has 0 radical (unpaired) electrons. The van der Waals surface area contributed by atoms with Gasteiger partial charge in [-0.1, -0.05) is 23.7 Å². The fraction of sp³-hybridized carbons (Fsp3) is 0.625. The van der Waals surface area contributed by atoms with E-state index in [9.17, 15) is 0 Å². The molecule has 4 heteroatoms. The van der Waals surface area contributed by atoms with Crippen LogP contribution >= 0.6 is 11.6 Å². The molecule has 112 valence electrons. The van der Waals surface area contributed by atoms with Crippen molar-refractivity contribution in [1.29, 1.82) is 0 Å². The monoisotopic (exact) mass is 296 g/mol. The molecule has 1 aliphatic rings. The number of hydrogen-bond donors (Lipinski definition) is 1. The van der Waals surface area contributed by atoms with Crippen molar-refractivity contribution in [3.63, 3.8) is 0 Å². The van der Waals surface area contributed by atoms with E-state index in [-0.39, 0.29) is 0 Å². The second kappa shape index (κ2) is 8.50. The van der Waals surface area contributed by atoms with Crippen LogP contribution in [0.15, 0.2) is 24.3 Å². The van der Waals surface area contributed by atoms with E-state index in [1.165, 1.54) is 32.4 Å². The van der Waals surface area contributed by atoms with Crippen LogP contribution < -0.4 is 10.1 Å². The van der Waals surface area contributed by atoms with Crippen LogP contribution in [0.1, 0.15) is 19.3 Å². The Balaban J connectivity index is 1.63. The molecule has 0 unspecified atom stereocenters. The van der Waals surface area contributed by atoms with Crippen molar-refractivity contribution in [3.8, 4) is 5.75 Å². The van der Waals surface area contributed by atoms with Crippen molar-refractivity contribution in [2.24, 2.45) is 5.92 Å². The van der Waals surface area contributed by atoms with Gasteiger partial charge in [-0.3, -0.25) is 4.90 Å². The smallest absolute Gasteiger partial charge is 0.137 e. The lowest BCUT2D eigenvalue weighted by atomic mass is 9.93. The zero-order valence-electron chi connectivity index (χ0n) is 12.3. The third kappa shape index (κ3) is 4.97. The lowest BCUT2D eigenvalue weighted by Gasteiger charge is -2.31. The molecular weight excluding hydrogens is 272 g/mol. The summed E-state index contributed by atoms with van der Waals surface area (Å²) in [6.07, 6.45) is 3.93. The summed E-state index contributed by atoms with van der Waals surface area (Å²) in [7, 11) is 2.03. The molecule has 1 N–H and O–H groups in total. The molecule has 0 saturated carbocycles. The molecule has 0 bridgehead atoms. The fourth-order valence-corrected chi connectivity index (χ4v) is 2.88. The first-order valence-electron chi connectivity index (χ1n) is 7.54. The Hall–Kier alpha value is -0.770. The van der Waals surface area contributed by atoms with Gasteiger partial charge in [0, 0.05) is 6.54 Å². The fourth-order valence-electron chi connectivity index (χ4n) is 2.69. The molecule has 20 heavy (non-hydrogen) atoms. The molecule has 0 amide bonds. The summed E-state index contributed by atoms with van der Waals surface area (Å²) in [5.74, 6) is 1.68. The van der Waals surface area contributed by atoms with Crippen molar-refractivity contribution in [3.05, 3.63) is 29.3 Å². The van der Waals surface area contributed by atoms with Crippen LogP contribution in [0.4, 0.5) is 0 Å². The average Bonchev–Trinajstić information content (AvgIpc) is 2.48. The summed E-state index contributed by atoms with van der Waals surface area (Å²) in [5.41, 5.74) is 0. The number of rotatable bonds is 7. The van der Waals surface area contributed by atoms with E-state index >= 15 is 0 Å². The van der Waals surface area contributed by atoms with E-state index < -0.39 is 0 Å². The summed E-state index contributed by atoms with van der Waals surface area (Å²) >= 11 is 6.07. The van der Waals surface area contributed by atoms with Gasteiger partial charge in [0.1, 0.15) is 12.4 Å². The third-order valence-electron chi connectivity index (χ3n) is 4.01. The Morgan fingerprint density at radius 3 is 2.75 bits per heavy atom. The summed E-state index contributed by atoms with van der Waals surface area (Å²) in [6.45, 7) is 5.23. The minimum Gasteiger partial charge on any atom is -0.491 e. The van der Waals surface area contributed by atoms with Crippen molar-refractivity contribution >= 4 is 11.6 Å². The van der Waals surface area contributed by atoms with Gasteiger partial charge in [-0.15, -0.1) is 0 Å². The molecule has 1 aromatic carbocycles. The molecule has 0 aliphatic carbocycles. The van der Waals surface area contributed by atoms with Crippen LogP contribution in [0.3, 0.4) is 0 Å². The van der Waals surface area contributed by atoms with Gasteiger partial charge in [-0.05, 0) is 64.0 Å². The second-order valence-electron chi connectivity index (χ2n) is 5.46. The first-order chi connectivity index (χ1) is 9.79. The number of likely N-dealkylation sites (tertiary alicyclic amines) is 1. The number of hydrogen-bond acceptors (Lipinski definition) is 3. The Morgan fingerprint density at radius 1 is 1.30 bits per heavy atom. The highest BCUT2D eigenvalue weighted by molar-refractivity contribution is 6.32. The SMILES string of the molecule is CNCCC1CCN(CCOc2ccccc2Cl)CC1. The van der Waals surface area contributed by atoms with Crippen LogP contribution in [-0.4, -0.2) is 44.7 Å². The predicted octanol–water partition coefficient (Wildman–Crippen LogP) is 3.04. The Bertz CT molecular complexity index is 392. The number of nitrogens with zero attached hydrogens (tertiary/aromatic N) is 1. The lowest BCUT2D eigenvalue weighted by molar-refractivity contribution is 0.151. The van der Waals surface area contributed by atoms with Crippen LogP contribution in [0.25, 0.3) is 0 Å². The zero-order valence-corrected chi connectivity index (χ0v) is 13.0. The molecule has 1 saturated heterocycles. The average molecular weight is 297 g/mol. The first-order valence-corrected chi connectivity index (χ1v) is 7.91. The highest BCUT2D eigenvalue weighted by Crippen LogP contribution is 2.23. The zero-order chi connectivity index (χ0) is 14.2. The Labute approximate surface area is 127 Å². The molecule has 3 nitrogen and oxygen atoms in total. The number of nitrogens with one attached hydrogen (secondary N) is 1. The molecule has 1 aliphatic heterocycles. The number of piperidine rings is 1. The maximum Gasteiger partial charge on any atom is 0.137 e. The van der Waals surface area contributed by atoms with Gasteiger partial charge in [0.2, 0.25) is 0 Å². The van der Waals surface area contributed by atoms with Crippen molar-refractivity contribution in [2.45, 2.75) is 19.3 Å². The maximum atomic E-state index is 6.07. The van der Waals surface area contributed by atoms with E-state index in [1.54, 1.807) is 0 Å². The van der Waals surface area contributed by atoms with Crippen LogP contribution in [0.2, 0.25) is 5.02 Å². The van der Waals surface area contributed by atoms with Gasteiger partial charge >= 0.3 is 0 Å². The summed E-state index contributed by atoms with van der Waals surface area (Å²) in [6, 6.07) is 7.66. The summed E-state index contributed by atoms with van der Waals surface area (Å²) in [4.78, 5) is 2.49. The van der Waals surface area contributed by atoms with E-state index in [1.807, 2.05) is 31.3 Å². The highest BCUT2D eigenvalue weighted by atomic mass is 35.5. The summed E-state index contributed by atoms with van der Waals surface area (Å²) in [5, 5.41) is 3.93. The molecule has 1 heterocycles. The largest absolute Gasteiger partial charge is 0.491 e. The number of ether oxygens (including phenoxy) is 1. The molecule has 0 aromatic heterocycles. The molecule has 1 aromatic rings. The molecule has 2 rings (SSSR count). The van der Waals surface area contributed by atoms with Gasteiger partial charge in [-0.2, -0.15) is 0 Å². The first kappa shape index (κ1) is 15.6. The van der Waals surface area contributed by atoms with Crippen LogP contribution in [0.5, 0.6) is 5.75 Å². The molecule has 1 fully saturated rings. The normalized spacial score (nSPS) is 17.3. The van der Waals surface area contributed by atoms with Gasteiger partial charge in [0.05, 0.1) is 5.02 Å². The van der Waals surface area contributed by atoms with E-state index in [0.29, 0.717) is 11.6 Å². The van der Waals surface area contributed by atoms with E-state index in [4.69, 9.17) is 16.3 Å². The van der Waals surface area contributed by atoms with Crippen molar-refractivity contribution in [1.82, 2.24) is 10.2 Å². The number of para-hydroxylation sites is 1. The van der Waals surface area contributed by atoms with Gasteiger partial charge in [0.15, 0.2) is 0 Å². The standard InChI is InChI=1S/C16H25ClN2O/c1-18-9-6-14-7-10-19(11-8-14)12-13-20-16-5-3-2-4-15(16)17/h2-5,14,18H,6-13H2,1H3. The van der Waals surface area contributed by atoms with Gasteiger partial charge < -0.3 is 10.1 Å². The Kier molecular flexibility index (Phi) is 6.64. The molecular formula is C16H25ClN2O. The van der Waals surface area contributed by atoms with Crippen molar-refractivity contribution < 1.29 is 4.74 Å². The molecule has 0 spiro atoms. The van der Waals surface area contributed by atoms with Crippen LogP contribution in [0, 0.1) is 5.92 Å². The topological polar surface area (TPSA) is 24.5 Å². The maximum absolute atomic E-state index is 6.07. The highest BCUT2D eigenvalue weighted by Gasteiger charge is 2.18. The minimum absolute atomic E-state index is 0.693. The Morgan fingerprint density at radius 2 is 2.05 bits per heavy atom. The van der Waals surface area contributed by atoms with E-state index in [0.717, 1.165) is 24.8 Å². The third-order valence-corrected chi connectivity index (χ3v) is 4.32. The lowest BCUT2D eigenvalue weighted by Crippen LogP contribution is -2.37. The quantitative estimate of drug-likeness (QED) is 0.837.